The standard InChI is InChI=1S/C17H18N4OS/c1-11-8-15(13(3)23-11)12(2)20-17(22)14-4-5-19-16(9-14)21-7-6-18-10-21/h4-10,12H,1-3H3,(H,20,22)/t12-/m0/s1. The normalized spacial score (nSPS) is 12.1. The van der Waals surface area contributed by atoms with E-state index in [9.17, 15) is 4.79 Å². The predicted molar refractivity (Wildman–Crippen MR) is 91.0 cm³/mol. The van der Waals surface area contributed by atoms with Gasteiger partial charge >= 0.3 is 0 Å². The van der Waals surface area contributed by atoms with Crippen molar-refractivity contribution in [1.82, 2.24) is 19.9 Å². The Bertz CT molecular complexity index is 823. The highest BCUT2D eigenvalue weighted by Gasteiger charge is 2.15. The smallest absolute Gasteiger partial charge is 0.251 e. The lowest BCUT2D eigenvalue weighted by Gasteiger charge is -2.14. The molecule has 118 valence electrons. The summed E-state index contributed by atoms with van der Waals surface area (Å²) in [5.74, 6) is 0.565. The molecule has 0 aliphatic heterocycles. The molecule has 0 saturated heterocycles. The summed E-state index contributed by atoms with van der Waals surface area (Å²) in [6, 6.07) is 5.58. The number of amides is 1. The number of carbonyl (C=O) groups excluding carboxylic acids is 1. The van der Waals surface area contributed by atoms with Crippen LogP contribution < -0.4 is 5.32 Å². The van der Waals surface area contributed by atoms with E-state index < -0.39 is 0 Å². The molecule has 3 heterocycles. The minimum Gasteiger partial charge on any atom is -0.345 e. The third-order valence-electron chi connectivity index (χ3n) is 3.67. The molecule has 0 radical (unpaired) electrons. The molecule has 0 bridgehead atoms. The molecular weight excluding hydrogens is 308 g/mol. The number of nitrogens with zero attached hydrogens (tertiary/aromatic N) is 3. The van der Waals surface area contributed by atoms with Gasteiger partial charge in [0.05, 0.1) is 6.04 Å². The van der Waals surface area contributed by atoms with Crippen LogP contribution in [0.1, 0.15) is 38.6 Å². The number of carbonyl (C=O) groups is 1. The minimum atomic E-state index is -0.107. The van der Waals surface area contributed by atoms with E-state index in [0.29, 0.717) is 11.4 Å². The number of rotatable bonds is 4. The number of aromatic nitrogens is 3. The Morgan fingerprint density at radius 3 is 2.78 bits per heavy atom. The first-order valence-electron chi connectivity index (χ1n) is 7.37. The Kier molecular flexibility index (Phi) is 4.25. The van der Waals surface area contributed by atoms with E-state index in [4.69, 9.17) is 0 Å². The van der Waals surface area contributed by atoms with Gasteiger partial charge in [-0.15, -0.1) is 11.3 Å². The molecule has 0 aliphatic rings. The maximum Gasteiger partial charge on any atom is 0.251 e. The van der Waals surface area contributed by atoms with Gasteiger partial charge in [0, 0.05) is 33.9 Å². The zero-order chi connectivity index (χ0) is 16.4. The summed E-state index contributed by atoms with van der Waals surface area (Å²) in [6.45, 7) is 6.17. The van der Waals surface area contributed by atoms with Crippen molar-refractivity contribution in [2.24, 2.45) is 0 Å². The molecule has 0 saturated carbocycles. The molecule has 0 aliphatic carbocycles. The van der Waals surface area contributed by atoms with Crippen LogP contribution in [0.25, 0.3) is 5.82 Å². The number of hydrogen-bond donors (Lipinski definition) is 1. The Morgan fingerprint density at radius 2 is 2.13 bits per heavy atom. The molecule has 6 heteroatoms. The van der Waals surface area contributed by atoms with Crippen molar-refractivity contribution < 1.29 is 4.79 Å². The molecular formula is C17H18N4OS. The van der Waals surface area contributed by atoms with Gasteiger partial charge in [-0.1, -0.05) is 0 Å². The number of thiophene rings is 1. The minimum absolute atomic E-state index is 0.0303. The van der Waals surface area contributed by atoms with Gasteiger partial charge in [0.25, 0.3) is 5.91 Å². The summed E-state index contributed by atoms with van der Waals surface area (Å²) in [4.78, 5) is 23.3. The van der Waals surface area contributed by atoms with Crippen LogP contribution >= 0.6 is 11.3 Å². The van der Waals surface area contributed by atoms with Crippen LogP contribution in [0, 0.1) is 13.8 Å². The third kappa shape index (κ3) is 3.32. The van der Waals surface area contributed by atoms with Crippen LogP contribution in [-0.4, -0.2) is 20.4 Å². The predicted octanol–water partition coefficient (Wildman–Crippen LogP) is 3.44. The topological polar surface area (TPSA) is 59.8 Å². The fraction of sp³-hybridized carbons (Fsp3) is 0.235. The van der Waals surface area contributed by atoms with Crippen LogP contribution in [0.15, 0.2) is 43.1 Å². The number of nitrogens with one attached hydrogen (secondary N) is 1. The first-order chi connectivity index (χ1) is 11.0. The van der Waals surface area contributed by atoms with Gasteiger partial charge in [0.1, 0.15) is 12.1 Å². The van der Waals surface area contributed by atoms with Gasteiger partial charge in [-0.05, 0) is 44.5 Å². The van der Waals surface area contributed by atoms with E-state index in [1.54, 1.807) is 53.0 Å². The Morgan fingerprint density at radius 1 is 1.30 bits per heavy atom. The maximum absolute atomic E-state index is 12.5. The molecule has 5 nitrogen and oxygen atoms in total. The first kappa shape index (κ1) is 15.4. The highest BCUT2D eigenvalue weighted by atomic mass is 32.1. The highest BCUT2D eigenvalue weighted by molar-refractivity contribution is 7.12. The van der Waals surface area contributed by atoms with E-state index in [1.165, 1.54) is 15.3 Å². The fourth-order valence-electron chi connectivity index (χ4n) is 2.53. The Hall–Kier alpha value is -2.47. The van der Waals surface area contributed by atoms with Crippen molar-refractivity contribution in [3.05, 3.63) is 64.0 Å². The second kappa shape index (κ2) is 6.34. The molecule has 3 aromatic heterocycles. The zero-order valence-corrected chi connectivity index (χ0v) is 14.1. The lowest BCUT2D eigenvalue weighted by Crippen LogP contribution is -2.26. The van der Waals surface area contributed by atoms with Gasteiger partial charge in [-0.2, -0.15) is 0 Å². The molecule has 0 unspecified atom stereocenters. The zero-order valence-electron chi connectivity index (χ0n) is 13.3. The molecule has 0 spiro atoms. The Balaban J connectivity index is 1.78. The third-order valence-corrected chi connectivity index (χ3v) is 4.65. The van der Waals surface area contributed by atoms with Crippen molar-refractivity contribution in [3.8, 4) is 5.82 Å². The summed E-state index contributed by atoms with van der Waals surface area (Å²) >= 11 is 1.75. The van der Waals surface area contributed by atoms with Gasteiger partial charge in [-0.3, -0.25) is 9.36 Å². The second-order valence-electron chi connectivity index (χ2n) is 5.44. The number of pyridine rings is 1. The molecule has 3 rings (SSSR count). The summed E-state index contributed by atoms with van der Waals surface area (Å²) in [6.07, 6.45) is 6.77. The molecule has 1 amide bonds. The lowest BCUT2D eigenvalue weighted by atomic mass is 10.1. The van der Waals surface area contributed by atoms with E-state index in [1.807, 2.05) is 6.92 Å². The van der Waals surface area contributed by atoms with Crippen molar-refractivity contribution in [2.75, 3.05) is 0 Å². The number of imidazole rings is 1. The molecule has 0 fully saturated rings. The van der Waals surface area contributed by atoms with Crippen molar-refractivity contribution >= 4 is 17.2 Å². The monoisotopic (exact) mass is 326 g/mol. The van der Waals surface area contributed by atoms with Crippen LogP contribution in [0.2, 0.25) is 0 Å². The van der Waals surface area contributed by atoms with Gasteiger partial charge < -0.3 is 5.32 Å². The molecule has 0 aromatic carbocycles. The highest BCUT2D eigenvalue weighted by Crippen LogP contribution is 2.26. The number of aryl methyl sites for hydroxylation is 2. The van der Waals surface area contributed by atoms with E-state index in [2.05, 4.69) is 35.2 Å². The molecule has 1 atom stereocenters. The first-order valence-corrected chi connectivity index (χ1v) is 8.18. The molecule has 1 N–H and O–H groups in total. The number of hydrogen-bond acceptors (Lipinski definition) is 4. The van der Waals surface area contributed by atoms with Crippen molar-refractivity contribution in [2.45, 2.75) is 26.8 Å². The average Bonchev–Trinajstić information content (AvgIpc) is 3.17. The SMILES string of the molecule is Cc1cc([C@H](C)NC(=O)c2ccnc(-n3ccnc3)c2)c(C)s1. The van der Waals surface area contributed by atoms with Crippen molar-refractivity contribution in [3.63, 3.8) is 0 Å². The largest absolute Gasteiger partial charge is 0.345 e. The lowest BCUT2D eigenvalue weighted by molar-refractivity contribution is 0.0939. The Labute approximate surface area is 139 Å². The quantitative estimate of drug-likeness (QED) is 0.799. The summed E-state index contributed by atoms with van der Waals surface area (Å²) in [7, 11) is 0. The fourth-order valence-corrected chi connectivity index (χ4v) is 3.56. The summed E-state index contributed by atoms with van der Waals surface area (Å²) in [5.41, 5.74) is 1.75. The second-order valence-corrected chi connectivity index (χ2v) is 6.90. The molecule has 3 aromatic rings. The summed E-state index contributed by atoms with van der Waals surface area (Å²) in [5, 5.41) is 3.05. The van der Waals surface area contributed by atoms with E-state index in [0.717, 1.165) is 0 Å². The molecule has 23 heavy (non-hydrogen) atoms. The average molecular weight is 326 g/mol. The van der Waals surface area contributed by atoms with Crippen LogP contribution in [0.3, 0.4) is 0 Å². The van der Waals surface area contributed by atoms with Crippen LogP contribution in [0.4, 0.5) is 0 Å². The van der Waals surface area contributed by atoms with E-state index in [-0.39, 0.29) is 11.9 Å². The summed E-state index contributed by atoms with van der Waals surface area (Å²) < 4.78 is 1.77. The van der Waals surface area contributed by atoms with Crippen LogP contribution in [0.5, 0.6) is 0 Å². The van der Waals surface area contributed by atoms with Crippen LogP contribution in [-0.2, 0) is 0 Å². The van der Waals surface area contributed by atoms with Gasteiger partial charge in [0.15, 0.2) is 0 Å². The van der Waals surface area contributed by atoms with Crippen molar-refractivity contribution in [1.29, 1.82) is 0 Å². The van der Waals surface area contributed by atoms with Gasteiger partial charge in [0.2, 0.25) is 0 Å². The maximum atomic E-state index is 12.5. The van der Waals surface area contributed by atoms with Gasteiger partial charge in [-0.25, -0.2) is 9.97 Å². The van der Waals surface area contributed by atoms with E-state index >= 15 is 0 Å².